The Bertz CT molecular complexity index is 1140. The van der Waals surface area contributed by atoms with E-state index in [4.69, 9.17) is 4.74 Å². The second kappa shape index (κ2) is 11.2. The van der Waals surface area contributed by atoms with Gasteiger partial charge in [0.05, 0.1) is 17.5 Å². The van der Waals surface area contributed by atoms with Crippen molar-refractivity contribution in [1.29, 1.82) is 0 Å². The number of imide groups is 1. The van der Waals surface area contributed by atoms with E-state index in [9.17, 15) is 19.2 Å². The topological polar surface area (TPSA) is 92.8 Å². The molecular formula is C28H26N2O5. The average Bonchev–Trinajstić information content (AvgIpc) is 3.14. The van der Waals surface area contributed by atoms with Crippen molar-refractivity contribution in [3.05, 3.63) is 107 Å². The van der Waals surface area contributed by atoms with Crippen LogP contribution in [0.4, 0.5) is 0 Å². The molecule has 3 aromatic carbocycles. The SMILES string of the molecule is O=C(COC(=O)CCN1C(=O)c2ccccc2C1=O)NCCC(c1ccccc1)c1ccccc1. The molecule has 0 aromatic heterocycles. The number of rotatable bonds is 10. The lowest BCUT2D eigenvalue weighted by Gasteiger charge is -2.18. The van der Waals surface area contributed by atoms with Crippen LogP contribution >= 0.6 is 0 Å². The highest BCUT2D eigenvalue weighted by atomic mass is 16.5. The molecule has 0 bridgehead atoms. The lowest BCUT2D eigenvalue weighted by Crippen LogP contribution is -2.33. The minimum Gasteiger partial charge on any atom is -0.456 e. The average molecular weight is 471 g/mol. The highest BCUT2D eigenvalue weighted by Gasteiger charge is 2.35. The van der Waals surface area contributed by atoms with Crippen molar-refractivity contribution in [2.75, 3.05) is 19.7 Å². The van der Waals surface area contributed by atoms with E-state index in [0.29, 0.717) is 24.1 Å². The van der Waals surface area contributed by atoms with Gasteiger partial charge in [0.2, 0.25) is 0 Å². The highest BCUT2D eigenvalue weighted by Crippen LogP contribution is 2.27. The minimum atomic E-state index is -0.650. The van der Waals surface area contributed by atoms with Gasteiger partial charge < -0.3 is 10.1 Å². The summed E-state index contributed by atoms with van der Waals surface area (Å²) < 4.78 is 5.04. The summed E-state index contributed by atoms with van der Waals surface area (Å²) in [6, 6.07) is 26.7. The van der Waals surface area contributed by atoms with Crippen LogP contribution in [0.1, 0.15) is 50.6 Å². The predicted molar refractivity (Wildman–Crippen MR) is 130 cm³/mol. The van der Waals surface area contributed by atoms with Crippen molar-refractivity contribution in [3.8, 4) is 0 Å². The van der Waals surface area contributed by atoms with Gasteiger partial charge in [-0.05, 0) is 29.7 Å². The zero-order chi connectivity index (χ0) is 24.6. The molecule has 4 rings (SSSR count). The Labute approximate surface area is 203 Å². The smallest absolute Gasteiger partial charge is 0.308 e. The Morgan fingerprint density at radius 3 is 1.83 bits per heavy atom. The summed E-state index contributed by atoms with van der Waals surface area (Å²) in [6.45, 7) is -0.0925. The van der Waals surface area contributed by atoms with E-state index in [1.165, 1.54) is 0 Å². The highest BCUT2D eigenvalue weighted by molar-refractivity contribution is 6.21. The van der Waals surface area contributed by atoms with Crippen LogP contribution in [0.5, 0.6) is 0 Å². The van der Waals surface area contributed by atoms with Crippen LogP contribution in [0.25, 0.3) is 0 Å². The van der Waals surface area contributed by atoms with Crippen molar-refractivity contribution < 1.29 is 23.9 Å². The molecule has 7 nitrogen and oxygen atoms in total. The molecule has 0 spiro atoms. The zero-order valence-corrected chi connectivity index (χ0v) is 19.2. The maximum Gasteiger partial charge on any atom is 0.308 e. The Balaban J connectivity index is 1.21. The summed E-state index contributed by atoms with van der Waals surface area (Å²) in [5, 5.41) is 2.80. The van der Waals surface area contributed by atoms with Gasteiger partial charge in [-0.15, -0.1) is 0 Å². The first-order valence-electron chi connectivity index (χ1n) is 11.5. The van der Waals surface area contributed by atoms with Gasteiger partial charge in [0.1, 0.15) is 0 Å². The minimum absolute atomic E-state index is 0.0946. The van der Waals surface area contributed by atoms with E-state index in [1.807, 2.05) is 36.4 Å². The second-order valence-corrected chi connectivity index (χ2v) is 8.23. The number of ether oxygens (including phenoxy) is 1. The number of benzene rings is 3. The number of amides is 3. The first-order chi connectivity index (χ1) is 17.0. The van der Waals surface area contributed by atoms with Crippen molar-refractivity contribution in [2.45, 2.75) is 18.8 Å². The van der Waals surface area contributed by atoms with Crippen LogP contribution in [-0.4, -0.2) is 48.3 Å². The van der Waals surface area contributed by atoms with Crippen LogP contribution in [0.3, 0.4) is 0 Å². The monoisotopic (exact) mass is 470 g/mol. The van der Waals surface area contributed by atoms with Crippen molar-refractivity contribution in [3.63, 3.8) is 0 Å². The third-order valence-corrected chi connectivity index (χ3v) is 5.94. The molecule has 1 aliphatic rings. The number of carbonyl (C=O) groups is 4. The van der Waals surface area contributed by atoms with Gasteiger partial charge in [-0.3, -0.25) is 24.1 Å². The number of fused-ring (bicyclic) bond motifs is 1. The van der Waals surface area contributed by atoms with Gasteiger partial charge in [-0.25, -0.2) is 0 Å². The summed E-state index contributed by atoms with van der Waals surface area (Å²) in [4.78, 5) is 50.0. The Morgan fingerprint density at radius 2 is 1.29 bits per heavy atom. The lowest BCUT2D eigenvalue weighted by molar-refractivity contribution is -0.148. The Kier molecular flexibility index (Phi) is 7.67. The van der Waals surface area contributed by atoms with E-state index >= 15 is 0 Å². The molecular weight excluding hydrogens is 444 g/mol. The molecule has 0 atom stereocenters. The molecule has 35 heavy (non-hydrogen) atoms. The van der Waals surface area contributed by atoms with Crippen LogP contribution in [0.15, 0.2) is 84.9 Å². The molecule has 0 aliphatic carbocycles. The van der Waals surface area contributed by atoms with Crippen LogP contribution in [0, 0.1) is 0 Å². The quantitative estimate of drug-likeness (QED) is 0.361. The van der Waals surface area contributed by atoms with Crippen LogP contribution in [-0.2, 0) is 14.3 Å². The standard InChI is InChI=1S/C28H26N2O5/c31-25(29-17-15-22(20-9-3-1-4-10-20)21-11-5-2-6-12-21)19-35-26(32)16-18-30-27(33)23-13-7-8-14-24(23)28(30)34/h1-14,22H,15-19H2,(H,29,31). The van der Waals surface area contributed by atoms with Gasteiger partial charge in [0, 0.05) is 19.0 Å². The van der Waals surface area contributed by atoms with E-state index in [0.717, 1.165) is 16.0 Å². The van der Waals surface area contributed by atoms with Gasteiger partial charge >= 0.3 is 5.97 Å². The van der Waals surface area contributed by atoms with Crippen molar-refractivity contribution in [2.24, 2.45) is 0 Å². The maximum absolute atomic E-state index is 12.4. The Morgan fingerprint density at radius 1 is 0.771 bits per heavy atom. The maximum atomic E-state index is 12.4. The van der Waals surface area contributed by atoms with E-state index in [1.54, 1.807) is 24.3 Å². The largest absolute Gasteiger partial charge is 0.456 e. The van der Waals surface area contributed by atoms with Crippen molar-refractivity contribution in [1.82, 2.24) is 10.2 Å². The fourth-order valence-electron chi connectivity index (χ4n) is 4.17. The predicted octanol–water partition coefficient (Wildman–Crippen LogP) is 3.55. The summed E-state index contributed by atoms with van der Waals surface area (Å²) in [7, 11) is 0. The van der Waals surface area contributed by atoms with Crippen LogP contribution < -0.4 is 5.32 Å². The lowest BCUT2D eigenvalue weighted by atomic mass is 9.88. The van der Waals surface area contributed by atoms with Gasteiger partial charge in [-0.1, -0.05) is 72.8 Å². The summed E-state index contributed by atoms with van der Waals surface area (Å²) in [5.74, 6) is -1.79. The molecule has 1 aliphatic heterocycles. The molecule has 3 amide bonds. The molecule has 0 unspecified atom stereocenters. The fourth-order valence-corrected chi connectivity index (χ4v) is 4.17. The molecule has 1 heterocycles. The number of esters is 1. The molecule has 3 aromatic rings. The van der Waals surface area contributed by atoms with Crippen molar-refractivity contribution >= 4 is 23.7 Å². The number of carbonyl (C=O) groups excluding carboxylic acids is 4. The van der Waals surface area contributed by atoms with E-state index in [-0.39, 0.29) is 18.9 Å². The molecule has 178 valence electrons. The first kappa shape index (κ1) is 23.9. The van der Waals surface area contributed by atoms with Gasteiger partial charge in [0.15, 0.2) is 6.61 Å². The number of hydrogen-bond acceptors (Lipinski definition) is 5. The van der Waals surface area contributed by atoms with Crippen LogP contribution in [0.2, 0.25) is 0 Å². The third kappa shape index (κ3) is 5.81. The molecule has 1 N–H and O–H groups in total. The summed E-state index contributed by atoms with van der Waals surface area (Å²) in [5.41, 5.74) is 2.98. The number of nitrogens with zero attached hydrogens (tertiary/aromatic N) is 1. The molecule has 0 fully saturated rings. The fraction of sp³-hybridized carbons (Fsp3) is 0.214. The molecule has 0 saturated heterocycles. The van der Waals surface area contributed by atoms with Gasteiger partial charge in [-0.2, -0.15) is 0 Å². The Hall–Kier alpha value is -4.26. The first-order valence-corrected chi connectivity index (χ1v) is 11.5. The molecule has 7 heteroatoms. The van der Waals surface area contributed by atoms with Gasteiger partial charge in [0.25, 0.3) is 17.7 Å². The molecule has 0 radical (unpaired) electrons. The summed E-state index contributed by atoms with van der Waals surface area (Å²) >= 11 is 0. The number of hydrogen-bond donors (Lipinski definition) is 1. The normalized spacial score (nSPS) is 12.5. The zero-order valence-electron chi connectivity index (χ0n) is 19.2. The second-order valence-electron chi connectivity index (χ2n) is 8.23. The summed E-state index contributed by atoms with van der Waals surface area (Å²) in [6.07, 6.45) is 0.510. The number of nitrogens with one attached hydrogen (secondary N) is 1. The third-order valence-electron chi connectivity index (χ3n) is 5.94. The van der Waals surface area contributed by atoms with E-state index in [2.05, 4.69) is 29.6 Å². The van der Waals surface area contributed by atoms with E-state index < -0.39 is 30.3 Å². The molecule has 0 saturated carbocycles.